The molecule has 2 aliphatic carbocycles. The van der Waals surface area contributed by atoms with Crippen LogP contribution < -0.4 is 11.1 Å². The van der Waals surface area contributed by atoms with Crippen LogP contribution in [0.25, 0.3) is 0 Å². The fraction of sp³-hybridized carbons (Fsp3) is 0.933. The lowest BCUT2D eigenvalue weighted by molar-refractivity contribution is 0.0352. The van der Waals surface area contributed by atoms with Crippen LogP contribution in [0.1, 0.15) is 51.9 Å². The monoisotopic (exact) mass is 267 g/mol. The molecule has 0 unspecified atom stereocenters. The molecule has 0 amide bonds. The first kappa shape index (κ1) is 14.6. The third-order valence-corrected chi connectivity index (χ3v) is 4.90. The largest absolute Gasteiger partial charge is 0.381 e. The van der Waals surface area contributed by atoms with E-state index in [9.17, 15) is 0 Å². The van der Waals surface area contributed by atoms with E-state index in [0.29, 0.717) is 17.5 Å². The van der Waals surface area contributed by atoms with Crippen molar-refractivity contribution in [2.45, 2.75) is 58.0 Å². The highest BCUT2D eigenvalue weighted by atomic mass is 16.5. The third kappa shape index (κ3) is 4.37. The normalized spacial score (nSPS) is 32.9. The summed E-state index contributed by atoms with van der Waals surface area (Å²) in [6.45, 7) is 4.16. The van der Waals surface area contributed by atoms with E-state index >= 15 is 0 Å². The lowest BCUT2D eigenvalue weighted by Gasteiger charge is -2.35. The van der Waals surface area contributed by atoms with E-state index in [0.717, 1.165) is 31.8 Å². The number of nitrogens with two attached hydrogens (primary N) is 1. The number of methoxy groups -OCH3 is 1. The van der Waals surface area contributed by atoms with Gasteiger partial charge in [-0.25, -0.2) is 0 Å². The van der Waals surface area contributed by atoms with Crippen molar-refractivity contribution in [3.8, 4) is 0 Å². The molecule has 0 atom stereocenters. The summed E-state index contributed by atoms with van der Waals surface area (Å²) in [7, 11) is 1.81. The zero-order chi connectivity index (χ0) is 13.7. The molecule has 110 valence electrons. The van der Waals surface area contributed by atoms with Crippen LogP contribution in [0.3, 0.4) is 0 Å². The molecule has 0 aromatic carbocycles. The summed E-state index contributed by atoms with van der Waals surface area (Å²) in [6.07, 6.45) is 9.19. The minimum Gasteiger partial charge on any atom is -0.381 e. The van der Waals surface area contributed by atoms with Crippen LogP contribution in [0.2, 0.25) is 0 Å². The second-order valence-corrected chi connectivity index (χ2v) is 6.63. The fourth-order valence-corrected chi connectivity index (χ4v) is 2.96. The Labute approximate surface area is 117 Å². The zero-order valence-corrected chi connectivity index (χ0v) is 12.5. The highest BCUT2D eigenvalue weighted by Gasteiger charge is 2.30. The van der Waals surface area contributed by atoms with E-state index in [1.54, 1.807) is 0 Å². The van der Waals surface area contributed by atoms with E-state index in [1.165, 1.54) is 32.1 Å². The van der Waals surface area contributed by atoms with Crippen molar-refractivity contribution >= 4 is 5.96 Å². The molecule has 2 fully saturated rings. The summed E-state index contributed by atoms with van der Waals surface area (Å²) in [4.78, 5) is 4.54. The van der Waals surface area contributed by atoms with Gasteiger partial charge in [-0.2, -0.15) is 0 Å². The number of aliphatic imine (C=N–C) groups is 1. The molecule has 2 saturated carbocycles. The van der Waals surface area contributed by atoms with Crippen molar-refractivity contribution in [1.82, 2.24) is 5.32 Å². The standard InChI is InChI=1S/C15H29N3O/c1-15(8-6-13(19-2)7-9-15)11-18-14(16)17-10-12-4-3-5-12/h12-13H,3-11H2,1-2H3,(H3,16,17,18). The second-order valence-electron chi connectivity index (χ2n) is 6.63. The molecule has 0 aromatic heterocycles. The SMILES string of the molecule is COC1CCC(C)(CN=C(N)NCC2CCC2)CC1. The highest BCUT2D eigenvalue weighted by molar-refractivity contribution is 5.77. The van der Waals surface area contributed by atoms with Gasteiger partial charge in [0.25, 0.3) is 0 Å². The first-order valence-electron chi connectivity index (χ1n) is 7.68. The van der Waals surface area contributed by atoms with Gasteiger partial charge in [-0.3, -0.25) is 4.99 Å². The average Bonchev–Trinajstić information content (AvgIpc) is 2.36. The van der Waals surface area contributed by atoms with Gasteiger partial charge in [0, 0.05) is 20.2 Å². The highest BCUT2D eigenvalue weighted by Crippen LogP contribution is 2.37. The Morgan fingerprint density at radius 2 is 2.00 bits per heavy atom. The van der Waals surface area contributed by atoms with E-state index in [4.69, 9.17) is 10.5 Å². The lowest BCUT2D eigenvalue weighted by atomic mass is 9.75. The van der Waals surface area contributed by atoms with E-state index in [2.05, 4.69) is 17.2 Å². The Balaban J connectivity index is 1.70. The lowest BCUT2D eigenvalue weighted by Crippen LogP contribution is -2.38. The summed E-state index contributed by atoms with van der Waals surface area (Å²) < 4.78 is 5.42. The molecule has 0 heterocycles. The van der Waals surface area contributed by atoms with Gasteiger partial charge in [-0.05, 0) is 49.9 Å². The molecule has 0 bridgehead atoms. The number of guanidine groups is 1. The van der Waals surface area contributed by atoms with Gasteiger partial charge in [0.2, 0.25) is 0 Å². The van der Waals surface area contributed by atoms with Gasteiger partial charge in [0.15, 0.2) is 5.96 Å². The number of hydrogen-bond acceptors (Lipinski definition) is 2. The average molecular weight is 267 g/mol. The molecule has 2 rings (SSSR count). The summed E-state index contributed by atoms with van der Waals surface area (Å²) >= 11 is 0. The minimum atomic E-state index is 0.303. The Hall–Kier alpha value is -0.770. The first-order chi connectivity index (χ1) is 9.11. The first-order valence-corrected chi connectivity index (χ1v) is 7.68. The Morgan fingerprint density at radius 3 is 2.53 bits per heavy atom. The number of hydrogen-bond donors (Lipinski definition) is 2. The maximum Gasteiger partial charge on any atom is 0.188 e. The quantitative estimate of drug-likeness (QED) is 0.593. The summed E-state index contributed by atoms with van der Waals surface area (Å²) in [5.41, 5.74) is 6.25. The molecule has 0 radical (unpaired) electrons. The van der Waals surface area contributed by atoms with Gasteiger partial charge >= 0.3 is 0 Å². The van der Waals surface area contributed by atoms with Crippen molar-refractivity contribution in [2.24, 2.45) is 22.1 Å². The molecule has 4 heteroatoms. The molecule has 4 nitrogen and oxygen atoms in total. The van der Waals surface area contributed by atoms with Crippen molar-refractivity contribution in [3.05, 3.63) is 0 Å². The van der Waals surface area contributed by atoms with Crippen LogP contribution in [0.15, 0.2) is 4.99 Å². The van der Waals surface area contributed by atoms with Gasteiger partial charge < -0.3 is 15.8 Å². The van der Waals surface area contributed by atoms with Crippen LogP contribution in [-0.4, -0.2) is 32.3 Å². The van der Waals surface area contributed by atoms with Crippen LogP contribution in [0.4, 0.5) is 0 Å². The number of rotatable bonds is 5. The molecule has 2 aliphatic rings. The molecule has 3 N–H and O–H groups in total. The van der Waals surface area contributed by atoms with Crippen LogP contribution in [0, 0.1) is 11.3 Å². The van der Waals surface area contributed by atoms with Gasteiger partial charge in [-0.1, -0.05) is 13.3 Å². The van der Waals surface area contributed by atoms with E-state index < -0.39 is 0 Å². The Bertz CT molecular complexity index is 305. The molecule has 0 spiro atoms. The topological polar surface area (TPSA) is 59.6 Å². The molecular formula is C15H29N3O. The van der Waals surface area contributed by atoms with Crippen LogP contribution >= 0.6 is 0 Å². The third-order valence-electron chi connectivity index (χ3n) is 4.90. The minimum absolute atomic E-state index is 0.303. The maximum atomic E-state index is 5.94. The molecule has 0 aromatic rings. The van der Waals surface area contributed by atoms with Crippen LogP contribution in [0.5, 0.6) is 0 Å². The second kappa shape index (κ2) is 6.60. The summed E-state index contributed by atoms with van der Waals surface area (Å²) in [6, 6.07) is 0. The molecule has 0 aliphatic heterocycles. The fourth-order valence-electron chi connectivity index (χ4n) is 2.96. The van der Waals surface area contributed by atoms with Gasteiger partial charge in [0.05, 0.1) is 6.10 Å². The predicted octanol–water partition coefficient (Wildman–Crippen LogP) is 2.29. The smallest absolute Gasteiger partial charge is 0.188 e. The summed E-state index contributed by atoms with van der Waals surface area (Å²) in [5.74, 6) is 1.45. The number of nitrogens with one attached hydrogen (secondary N) is 1. The van der Waals surface area contributed by atoms with Crippen molar-refractivity contribution in [2.75, 3.05) is 20.2 Å². The summed E-state index contributed by atoms with van der Waals surface area (Å²) in [5, 5.41) is 3.26. The Kier molecular flexibility index (Phi) is 5.08. The Morgan fingerprint density at radius 1 is 1.32 bits per heavy atom. The molecular weight excluding hydrogens is 238 g/mol. The number of nitrogens with zero attached hydrogens (tertiary/aromatic N) is 1. The van der Waals surface area contributed by atoms with Crippen LogP contribution in [-0.2, 0) is 4.74 Å². The van der Waals surface area contributed by atoms with Crippen molar-refractivity contribution < 1.29 is 4.74 Å². The predicted molar refractivity (Wildman–Crippen MR) is 79.2 cm³/mol. The molecule has 0 saturated heterocycles. The zero-order valence-electron chi connectivity index (χ0n) is 12.5. The van der Waals surface area contributed by atoms with E-state index in [-0.39, 0.29) is 0 Å². The van der Waals surface area contributed by atoms with Gasteiger partial charge in [-0.15, -0.1) is 0 Å². The number of ether oxygens (including phenoxy) is 1. The molecule has 19 heavy (non-hydrogen) atoms. The van der Waals surface area contributed by atoms with Gasteiger partial charge in [0.1, 0.15) is 0 Å². The maximum absolute atomic E-state index is 5.94. The van der Waals surface area contributed by atoms with Crippen molar-refractivity contribution in [3.63, 3.8) is 0 Å². The van der Waals surface area contributed by atoms with E-state index in [1.807, 2.05) is 7.11 Å². The van der Waals surface area contributed by atoms with Crippen molar-refractivity contribution in [1.29, 1.82) is 0 Å².